The van der Waals surface area contributed by atoms with Gasteiger partial charge in [0.25, 0.3) is 5.89 Å². The maximum Gasteiger partial charge on any atom is 0.264 e. The largest absolute Gasteiger partial charge is 0.484 e. The Hall–Kier alpha value is -2.17. The number of rotatable bonds is 3. The summed E-state index contributed by atoms with van der Waals surface area (Å²) < 4.78 is 10.5. The van der Waals surface area contributed by atoms with Gasteiger partial charge in [-0.2, -0.15) is 4.98 Å². The number of aromatic nitrogens is 2. The van der Waals surface area contributed by atoms with E-state index in [0.29, 0.717) is 18.1 Å². The Balaban J connectivity index is 1.72. The molecule has 1 heterocycles. The van der Waals surface area contributed by atoms with E-state index in [9.17, 15) is 4.79 Å². The second kappa shape index (κ2) is 4.25. The van der Waals surface area contributed by atoms with E-state index < -0.39 is 0 Å². The molecular weight excluding hydrogens is 232 g/mol. The van der Waals surface area contributed by atoms with Gasteiger partial charge in [0.05, 0.1) is 0 Å². The highest BCUT2D eigenvalue weighted by molar-refractivity contribution is 6.00. The van der Waals surface area contributed by atoms with Gasteiger partial charge >= 0.3 is 0 Å². The summed E-state index contributed by atoms with van der Waals surface area (Å²) in [6.45, 7) is 2.00. The van der Waals surface area contributed by atoms with Crippen LogP contribution in [0.3, 0.4) is 0 Å². The summed E-state index contributed by atoms with van der Waals surface area (Å²) in [7, 11) is 0. The molecule has 0 saturated heterocycles. The molecule has 5 nitrogen and oxygen atoms in total. The highest BCUT2D eigenvalue weighted by Gasteiger charge is 2.19. The van der Waals surface area contributed by atoms with Crippen molar-refractivity contribution in [1.29, 1.82) is 0 Å². The van der Waals surface area contributed by atoms with Gasteiger partial charge in [-0.3, -0.25) is 4.79 Å². The molecule has 0 bridgehead atoms. The third kappa shape index (κ3) is 1.99. The van der Waals surface area contributed by atoms with Crippen molar-refractivity contribution in [2.24, 2.45) is 0 Å². The Morgan fingerprint density at radius 1 is 1.39 bits per heavy atom. The van der Waals surface area contributed by atoms with Crippen LogP contribution in [0.2, 0.25) is 0 Å². The van der Waals surface area contributed by atoms with E-state index in [0.717, 1.165) is 23.3 Å². The number of aryl methyl sites for hydroxylation is 2. The molecule has 3 rings (SSSR count). The molecule has 18 heavy (non-hydrogen) atoms. The van der Waals surface area contributed by atoms with Crippen LogP contribution in [0.25, 0.3) is 0 Å². The smallest absolute Gasteiger partial charge is 0.264 e. The molecule has 92 valence electrons. The zero-order valence-corrected chi connectivity index (χ0v) is 9.97. The van der Waals surface area contributed by atoms with Gasteiger partial charge < -0.3 is 9.26 Å². The maximum atomic E-state index is 11.5. The fraction of sp³-hybridized carbons (Fsp3) is 0.308. The summed E-state index contributed by atoms with van der Waals surface area (Å²) in [5.74, 6) is 1.97. The summed E-state index contributed by atoms with van der Waals surface area (Å²) >= 11 is 0. The Kier molecular flexibility index (Phi) is 2.59. The minimum absolute atomic E-state index is 0.212. The molecule has 0 amide bonds. The quantitative estimate of drug-likeness (QED) is 0.827. The van der Waals surface area contributed by atoms with Crippen molar-refractivity contribution in [2.75, 3.05) is 0 Å². The van der Waals surface area contributed by atoms with Crippen LogP contribution in [-0.2, 0) is 13.0 Å². The van der Waals surface area contributed by atoms with Crippen LogP contribution in [-0.4, -0.2) is 15.9 Å². The molecule has 2 aromatic rings. The first kappa shape index (κ1) is 11.0. The topological polar surface area (TPSA) is 65.2 Å². The summed E-state index contributed by atoms with van der Waals surface area (Å²) in [6, 6.07) is 5.52. The van der Waals surface area contributed by atoms with Crippen LogP contribution in [0.4, 0.5) is 0 Å². The predicted octanol–water partition coefficient (Wildman–Crippen LogP) is 2.09. The van der Waals surface area contributed by atoms with Gasteiger partial charge in [-0.25, -0.2) is 0 Å². The van der Waals surface area contributed by atoms with Crippen molar-refractivity contribution < 1.29 is 14.1 Å². The van der Waals surface area contributed by atoms with Crippen LogP contribution >= 0.6 is 0 Å². The lowest BCUT2D eigenvalue weighted by Crippen LogP contribution is -1.97. The van der Waals surface area contributed by atoms with Crippen LogP contribution in [0.15, 0.2) is 22.7 Å². The zero-order valence-electron chi connectivity index (χ0n) is 9.97. The van der Waals surface area contributed by atoms with Crippen LogP contribution in [0.1, 0.15) is 34.1 Å². The standard InChI is InChI=1S/C13H12N2O3/c1-8-14-13(18-15-8)7-17-10-3-4-11-9(6-10)2-5-12(11)16/h3-4,6H,2,5,7H2,1H3. The van der Waals surface area contributed by atoms with Crippen LogP contribution in [0.5, 0.6) is 5.75 Å². The maximum absolute atomic E-state index is 11.5. The minimum atomic E-state index is 0.212. The number of hydrogen-bond donors (Lipinski definition) is 0. The molecule has 1 aliphatic rings. The molecule has 1 aromatic carbocycles. The Bertz CT molecular complexity index is 604. The molecule has 0 aliphatic heterocycles. The zero-order chi connectivity index (χ0) is 12.5. The number of carbonyl (C=O) groups excluding carboxylic acids is 1. The lowest BCUT2D eigenvalue weighted by atomic mass is 10.1. The third-order valence-corrected chi connectivity index (χ3v) is 2.93. The van der Waals surface area contributed by atoms with Gasteiger partial charge in [0.2, 0.25) is 0 Å². The molecule has 0 radical (unpaired) electrons. The van der Waals surface area contributed by atoms with Crippen molar-refractivity contribution >= 4 is 5.78 Å². The van der Waals surface area contributed by atoms with Gasteiger partial charge in [-0.05, 0) is 37.1 Å². The average molecular weight is 244 g/mol. The summed E-state index contributed by atoms with van der Waals surface area (Å²) in [4.78, 5) is 15.5. The van der Waals surface area contributed by atoms with Gasteiger partial charge in [0, 0.05) is 12.0 Å². The normalized spacial score (nSPS) is 13.7. The van der Waals surface area contributed by atoms with E-state index >= 15 is 0 Å². The van der Waals surface area contributed by atoms with Crippen molar-refractivity contribution in [3.8, 4) is 5.75 Å². The number of nitrogens with zero attached hydrogens (tertiary/aromatic N) is 2. The van der Waals surface area contributed by atoms with E-state index in [2.05, 4.69) is 10.1 Å². The second-order valence-electron chi connectivity index (χ2n) is 4.27. The summed E-state index contributed by atoms with van der Waals surface area (Å²) in [6.07, 6.45) is 1.40. The fourth-order valence-electron chi connectivity index (χ4n) is 2.07. The van der Waals surface area contributed by atoms with E-state index in [-0.39, 0.29) is 12.4 Å². The number of hydrogen-bond acceptors (Lipinski definition) is 5. The van der Waals surface area contributed by atoms with Crippen LogP contribution in [0, 0.1) is 6.92 Å². The van der Waals surface area contributed by atoms with E-state index in [1.54, 1.807) is 13.0 Å². The van der Waals surface area contributed by atoms with E-state index in [1.165, 1.54) is 0 Å². The number of ether oxygens (including phenoxy) is 1. The number of carbonyl (C=O) groups is 1. The lowest BCUT2D eigenvalue weighted by Gasteiger charge is -2.05. The predicted molar refractivity (Wildman–Crippen MR) is 62.5 cm³/mol. The van der Waals surface area contributed by atoms with E-state index in [4.69, 9.17) is 9.26 Å². The molecule has 0 atom stereocenters. The van der Waals surface area contributed by atoms with Gasteiger partial charge in [0.1, 0.15) is 5.75 Å². The SMILES string of the molecule is Cc1noc(COc2ccc3c(c2)CCC3=O)n1. The lowest BCUT2D eigenvalue weighted by molar-refractivity contribution is 0.0994. The molecule has 0 N–H and O–H groups in total. The molecule has 0 saturated carbocycles. The number of benzene rings is 1. The average Bonchev–Trinajstić information content (AvgIpc) is 2.94. The Morgan fingerprint density at radius 2 is 2.28 bits per heavy atom. The van der Waals surface area contributed by atoms with Crippen molar-refractivity contribution in [2.45, 2.75) is 26.4 Å². The molecule has 0 unspecified atom stereocenters. The first-order valence-electron chi connectivity index (χ1n) is 5.80. The van der Waals surface area contributed by atoms with Crippen molar-refractivity contribution in [1.82, 2.24) is 10.1 Å². The van der Waals surface area contributed by atoms with Gasteiger partial charge in [-0.1, -0.05) is 5.16 Å². The first-order valence-corrected chi connectivity index (χ1v) is 5.80. The highest BCUT2D eigenvalue weighted by Crippen LogP contribution is 2.26. The summed E-state index contributed by atoms with van der Waals surface area (Å²) in [5, 5.41) is 3.69. The van der Waals surface area contributed by atoms with E-state index in [1.807, 2.05) is 12.1 Å². The molecule has 1 aromatic heterocycles. The third-order valence-electron chi connectivity index (χ3n) is 2.93. The molecule has 0 spiro atoms. The van der Waals surface area contributed by atoms with Crippen LogP contribution < -0.4 is 4.74 Å². The van der Waals surface area contributed by atoms with Crippen molar-refractivity contribution in [3.63, 3.8) is 0 Å². The summed E-state index contributed by atoms with van der Waals surface area (Å²) in [5.41, 5.74) is 1.87. The molecular formula is C13H12N2O3. The number of Topliss-reactive ketones (excluding diaryl/α,β-unsaturated/α-hetero) is 1. The highest BCUT2D eigenvalue weighted by atomic mass is 16.5. The second-order valence-corrected chi connectivity index (χ2v) is 4.27. The fourth-order valence-corrected chi connectivity index (χ4v) is 2.07. The van der Waals surface area contributed by atoms with Gasteiger partial charge in [-0.15, -0.1) is 0 Å². The Morgan fingerprint density at radius 3 is 3.06 bits per heavy atom. The molecule has 1 aliphatic carbocycles. The first-order chi connectivity index (χ1) is 8.72. The van der Waals surface area contributed by atoms with Crippen molar-refractivity contribution in [3.05, 3.63) is 41.0 Å². The Labute approximate surface area is 104 Å². The number of ketones is 1. The van der Waals surface area contributed by atoms with Gasteiger partial charge in [0.15, 0.2) is 18.2 Å². The number of fused-ring (bicyclic) bond motifs is 1. The minimum Gasteiger partial charge on any atom is -0.484 e. The molecule has 5 heteroatoms. The monoisotopic (exact) mass is 244 g/mol. The molecule has 0 fully saturated rings.